The lowest BCUT2D eigenvalue weighted by atomic mass is 10.1. The van der Waals surface area contributed by atoms with Crippen LogP contribution in [-0.2, 0) is 13.1 Å². The van der Waals surface area contributed by atoms with Crippen molar-refractivity contribution in [3.63, 3.8) is 0 Å². The topological polar surface area (TPSA) is 45.6 Å². The van der Waals surface area contributed by atoms with Crippen LogP contribution in [0.4, 0.5) is 0 Å². The third-order valence-electron chi connectivity index (χ3n) is 4.46. The number of furan rings is 1. The first-order valence-electron chi connectivity index (χ1n) is 7.74. The zero-order valence-corrected chi connectivity index (χ0v) is 13.0. The molecule has 2 aromatic rings. The molecule has 1 aliphatic rings. The van der Waals surface area contributed by atoms with Gasteiger partial charge in [-0.05, 0) is 39.0 Å². The van der Waals surface area contributed by atoms with E-state index in [4.69, 9.17) is 10.2 Å². The van der Waals surface area contributed by atoms with Gasteiger partial charge in [-0.1, -0.05) is 18.2 Å². The lowest BCUT2D eigenvalue weighted by Crippen LogP contribution is -2.27. The lowest BCUT2D eigenvalue weighted by Gasteiger charge is -2.20. The van der Waals surface area contributed by atoms with Gasteiger partial charge in [0.15, 0.2) is 0 Å². The molecule has 0 saturated carbocycles. The maximum atomic E-state index is 6.01. The van der Waals surface area contributed by atoms with E-state index in [1.807, 2.05) is 18.2 Å². The van der Waals surface area contributed by atoms with Crippen molar-refractivity contribution in [3.8, 4) is 0 Å². The molecule has 114 valence electrons. The Balaban J connectivity index is 1.72. The fourth-order valence-electron chi connectivity index (χ4n) is 3.43. The monoisotopic (exact) mass is 287 g/mol. The molecule has 4 heteroatoms. The fourth-order valence-corrected chi connectivity index (χ4v) is 3.43. The van der Waals surface area contributed by atoms with E-state index in [9.17, 15) is 0 Å². The summed E-state index contributed by atoms with van der Waals surface area (Å²) in [7, 11) is 4.37. The highest BCUT2D eigenvalue weighted by Gasteiger charge is 2.22. The van der Waals surface area contributed by atoms with Crippen LogP contribution in [0.3, 0.4) is 0 Å². The van der Waals surface area contributed by atoms with Crippen molar-refractivity contribution >= 4 is 11.0 Å². The standard InChI is InChI=1S/C17H25N3O/c1-19-8-7-13(10-19)11-20(2)12-17-15(9-18)14-5-3-4-6-16(14)21-17/h3-6,13H,7-12,18H2,1-2H3. The molecule has 0 spiro atoms. The summed E-state index contributed by atoms with van der Waals surface area (Å²) in [6, 6.07) is 8.16. The van der Waals surface area contributed by atoms with Crippen LogP contribution in [0.25, 0.3) is 11.0 Å². The molecule has 2 heterocycles. The summed E-state index contributed by atoms with van der Waals surface area (Å²) >= 11 is 0. The quantitative estimate of drug-likeness (QED) is 0.916. The van der Waals surface area contributed by atoms with E-state index >= 15 is 0 Å². The summed E-state index contributed by atoms with van der Waals surface area (Å²) in [6.07, 6.45) is 1.30. The van der Waals surface area contributed by atoms with Crippen LogP contribution in [0.1, 0.15) is 17.7 Å². The average molecular weight is 287 g/mol. The molecule has 2 N–H and O–H groups in total. The summed E-state index contributed by atoms with van der Waals surface area (Å²) in [6.45, 7) is 4.91. The lowest BCUT2D eigenvalue weighted by molar-refractivity contribution is 0.250. The fraction of sp³-hybridized carbons (Fsp3) is 0.529. The SMILES string of the molecule is CN1CCC(CN(C)Cc2oc3ccccc3c2CN)C1. The van der Waals surface area contributed by atoms with Gasteiger partial charge in [0.25, 0.3) is 0 Å². The predicted octanol–water partition coefficient (Wildman–Crippen LogP) is 2.28. The number of benzene rings is 1. The van der Waals surface area contributed by atoms with Crippen LogP contribution in [0.15, 0.2) is 28.7 Å². The van der Waals surface area contributed by atoms with E-state index in [0.29, 0.717) is 6.54 Å². The molecule has 1 saturated heterocycles. The highest BCUT2D eigenvalue weighted by Crippen LogP contribution is 2.26. The average Bonchev–Trinajstić information content (AvgIpc) is 3.01. The van der Waals surface area contributed by atoms with Crippen molar-refractivity contribution in [3.05, 3.63) is 35.6 Å². The molecule has 1 atom stereocenters. The summed E-state index contributed by atoms with van der Waals surface area (Å²) in [5.41, 5.74) is 8.03. The third kappa shape index (κ3) is 3.12. The summed E-state index contributed by atoms with van der Waals surface area (Å²) in [4.78, 5) is 4.77. The first-order chi connectivity index (χ1) is 10.2. The number of rotatable bonds is 5. The van der Waals surface area contributed by atoms with E-state index in [1.54, 1.807) is 0 Å². The molecule has 0 aliphatic carbocycles. The van der Waals surface area contributed by atoms with Gasteiger partial charge in [-0.2, -0.15) is 0 Å². The maximum absolute atomic E-state index is 6.01. The Bertz CT molecular complexity index is 607. The van der Waals surface area contributed by atoms with Gasteiger partial charge in [0.2, 0.25) is 0 Å². The van der Waals surface area contributed by atoms with Crippen molar-refractivity contribution in [2.75, 3.05) is 33.7 Å². The minimum atomic E-state index is 0.534. The van der Waals surface area contributed by atoms with E-state index in [1.165, 1.54) is 19.5 Å². The zero-order valence-electron chi connectivity index (χ0n) is 13.0. The Hall–Kier alpha value is -1.36. The van der Waals surface area contributed by atoms with Gasteiger partial charge in [0.1, 0.15) is 11.3 Å². The number of hydrogen-bond donors (Lipinski definition) is 1. The Morgan fingerprint density at radius 1 is 1.38 bits per heavy atom. The molecule has 0 bridgehead atoms. The zero-order chi connectivity index (χ0) is 14.8. The summed E-state index contributed by atoms with van der Waals surface area (Å²) in [5, 5.41) is 1.16. The van der Waals surface area contributed by atoms with Crippen LogP contribution in [0.5, 0.6) is 0 Å². The number of nitrogens with zero attached hydrogens (tertiary/aromatic N) is 2. The summed E-state index contributed by atoms with van der Waals surface area (Å²) < 4.78 is 6.01. The van der Waals surface area contributed by atoms with Crippen molar-refractivity contribution in [1.82, 2.24) is 9.80 Å². The van der Waals surface area contributed by atoms with Gasteiger partial charge >= 0.3 is 0 Å². The molecular formula is C17H25N3O. The first kappa shape index (κ1) is 14.6. The molecule has 4 nitrogen and oxygen atoms in total. The van der Waals surface area contributed by atoms with Gasteiger partial charge < -0.3 is 15.1 Å². The van der Waals surface area contributed by atoms with Gasteiger partial charge in [0.05, 0.1) is 6.54 Å². The second kappa shape index (κ2) is 6.18. The second-order valence-electron chi connectivity index (χ2n) is 6.32. The maximum Gasteiger partial charge on any atom is 0.134 e. The van der Waals surface area contributed by atoms with E-state index < -0.39 is 0 Å². The molecule has 3 rings (SSSR count). The first-order valence-corrected chi connectivity index (χ1v) is 7.74. The Labute approximate surface area is 126 Å². The largest absolute Gasteiger partial charge is 0.459 e. The Morgan fingerprint density at radius 2 is 2.19 bits per heavy atom. The number of hydrogen-bond acceptors (Lipinski definition) is 4. The molecule has 1 aromatic carbocycles. The molecular weight excluding hydrogens is 262 g/mol. The highest BCUT2D eigenvalue weighted by molar-refractivity contribution is 5.82. The van der Waals surface area contributed by atoms with Gasteiger partial charge in [-0.3, -0.25) is 4.90 Å². The third-order valence-corrected chi connectivity index (χ3v) is 4.46. The minimum absolute atomic E-state index is 0.534. The molecule has 0 radical (unpaired) electrons. The molecule has 1 fully saturated rings. The molecule has 0 amide bonds. The predicted molar refractivity (Wildman–Crippen MR) is 86.0 cm³/mol. The number of fused-ring (bicyclic) bond motifs is 1. The van der Waals surface area contributed by atoms with E-state index in [2.05, 4.69) is 30.0 Å². The van der Waals surface area contributed by atoms with Crippen LogP contribution in [-0.4, -0.2) is 43.5 Å². The molecule has 1 aliphatic heterocycles. The van der Waals surface area contributed by atoms with Crippen molar-refractivity contribution in [1.29, 1.82) is 0 Å². The van der Waals surface area contributed by atoms with Crippen LogP contribution in [0.2, 0.25) is 0 Å². The molecule has 21 heavy (non-hydrogen) atoms. The van der Waals surface area contributed by atoms with Gasteiger partial charge in [-0.25, -0.2) is 0 Å². The molecule has 1 aromatic heterocycles. The minimum Gasteiger partial charge on any atom is -0.459 e. The van der Waals surface area contributed by atoms with Crippen molar-refractivity contribution < 1.29 is 4.42 Å². The Morgan fingerprint density at radius 3 is 2.90 bits per heavy atom. The molecule has 1 unspecified atom stereocenters. The van der Waals surface area contributed by atoms with Gasteiger partial charge in [0, 0.05) is 30.6 Å². The van der Waals surface area contributed by atoms with Gasteiger partial charge in [-0.15, -0.1) is 0 Å². The van der Waals surface area contributed by atoms with E-state index in [-0.39, 0.29) is 0 Å². The van der Waals surface area contributed by atoms with Crippen LogP contribution < -0.4 is 5.73 Å². The van der Waals surface area contributed by atoms with Crippen LogP contribution in [0, 0.1) is 5.92 Å². The van der Waals surface area contributed by atoms with Crippen LogP contribution >= 0.6 is 0 Å². The number of likely N-dealkylation sites (tertiary alicyclic amines) is 1. The smallest absolute Gasteiger partial charge is 0.134 e. The number of para-hydroxylation sites is 1. The Kier molecular flexibility index (Phi) is 4.29. The van der Waals surface area contributed by atoms with E-state index in [0.717, 1.165) is 41.3 Å². The van der Waals surface area contributed by atoms with Crippen molar-refractivity contribution in [2.45, 2.75) is 19.5 Å². The summed E-state index contributed by atoms with van der Waals surface area (Å²) in [5.74, 6) is 1.79. The second-order valence-corrected chi connectivity index (χ2v) is 6.32. The normalized spacial score (nSPS) is 19.9. The van der Waals surface area contributed by atoms with Crippen molar-refractivity contribution in [2.24, 2.45) is 11.7 Å². The number of nitrogens with two attached hydrogens (primary N) is 1. The highest BCUT2D eigenvalue weighted by atomic mass is 16.3.